The van der Waals surface area contributed by atoms with Gasteiger partial charge in [0.2, 0.25) is 11.8 Å². The molecule has 2 aromatic carbocycles. The molecule has 2 saturated heterocycles. The van der Waals surface area contributed by atoms with Crippen molar-refractivity contribution in [2.75, 3.05) is 57.5 Å². The highest BCUT2D eigenvalue weighted by Gasteiger charge is 2.36. The smallest absolute Gasteiger partial charge is 0.222 e. The van der Waals surface area contributed by atoms with Gasteiger partial charge >= 0.3 is 0 Å². The average molecular weight is 508 g/mol. The fraction of sp³-hybridized carbons (Fsp3) is 0.464. The number of hydrogen-bond acceptors (Lipinski definition) is 7. The van der Waals surface area contributed by atoms with Gasteiger partial charge in [0.25, 0.3) is 0 Å². The molecule has 0 amide bonds. The number of aromatic nitrogens is 1. The lowest BCUT2D eigenvalue weighted by molar-refractivity contribution is 0.0192. The van der Waals surface area contributed by atoms with Gasteiger partial charge in [0.1, 0.15) is 17.8 Å². The Labute approximate surface area is 215 Å². The second-order valence-electron chi connectivity index (χ2n) is 10.3. The third-order valence-corrected chi connectivity index (χ3v) is 7.47. The van der Waals surface area contributed by atoms with E-state index in [0.29, 0.717) is 32.3 Å². The predicted molar refractivity (Wildman–Crippen MR) is 143 cm³/mol. The Kier molecular flexibility index (Phi) is 7.88. The van der Waals surface area contributed by atoms with Gasteiger partial charge in [0, 0.05) is 26.2 Å². The maximum Gasteiger partial charge on any atom is 0.222 e. The zero-order valence-electron chi connectivity index (χ0n) is 21.6. The minimum absolute atomic E-state index is 0.0908. The van der Waals surface area contributed by atoms with E-state index in [2.05, 4.69) is 78.0 Å². The van der Waals surface area contributed by atoms with Crippen LogP contribution in [0.5, 0.6) is 0 Å². The summed E-state index contributed by atoms with van der Waals surface area (Å²) in [6.45, 7) is 12.6. The normalized spacial score (nSPS) is 19.2. The van der Waals surface area contributed by atoms with Crippen LogP contribution in [0.1, 0.15) is 34.9 Å². The Balaban J connectivity index is 1.63. The molecule has 2 fully saturated rings. The third kappa shape index (κ3) is 5.90. The molecule has 8 heteroatoms. The molecule has 0 saturated carbocycles. The third-order valence-electron chi connectivity index (χ3n) is 6.53. The molecule has 1 aromatic heterocycles. The summed E-state index contributed by atoms with van der Waals surface area (Å²) in [6, 6.07) is 20.8. The minimum Gasteiger partial charge on any atom is -0.423 e. The summed E-state index contributed by atoms with van der Waals surface area (Å²) < 4.78 is 24.9. The van der Waals surface area contributed by atoms with E-state index in [4.69, 9.17) is 23.3 Å². The van der Waals surface area contributed by atoms with Crippen molar-refractivity contribution >= 4 is 14.2 Å². The molecular weight excluding hydrogens is 470 g/mol. The maximum absolute atomic E-state index is 6.81. The first kappa shape index (κ1) is 25.2. The number of nitrogens with zero attached hydrogens (tertiary/aromatic N) is 3. The second kappa shape index (κ2) is 11.3. The minimum atomic E-state index is -1.92. The predicted octanol–water partition coefficient (Wildman–Crippen LogP) is 4.87. The van der Waals surface area contributed by atoms with E-state index in [1.807, 2.05) is 12.1 Å². The summed E-state index contributed by atoms with van der Waals surface area (Å²) in [6.07, 6.45) is -0.297. The van der Waals surface area contributed by atoms with E-state index in [1.165, 1.54) is 5.56 Å². The summed E-state index contributed by atoms with van der Waals surface area (Å²) in [5.74, 6) is 1.51. The van der Waals surface area contributed by atoms with Gasteiger partial charge in [-0.25, -0.2) is 4.98 Å². The van der Waals surface area contributed by atoms with Gasteiger partial charge in [-0.2, -0.15) is 0 Å². The van der Waals surface area contributed by atoms with Crippen LogP contribution in [0.2, 0.25) is 19.6 Å². The van der Waals surface area contributed by atoms with Crippen LogP contribution < -0.4 is 4.90 Å². The Morgan fingerprint density at radius 3 is 1.92 bits per heavy atom. The number of ether oxygens (including phenoxy) is 2. The Morgan fingerprint density at radius 1 is 0.778 bits per heavy atom. The average Bonchev–Trinajstić information content (AvgIpc) is 3.34. The Hall–Kier alpha value is -2.49. The lowest BCUT2D eigenvalue weighted by Gasteiger charge is -2.33. The van der Waals surface area contributed by atoms with Crippen LogP contribution in [0.4, 0.5) is 5.88 Å². The van der Waals surface area contributed by atoms with E-state index < -0.39 is 8.32 Å². The molecule has 5 rings (SSSR count). The lowest BCUT2D eigenvalue weighted by atomic mass is 10.0. The van der Waals surface area contributed by atoms with E-state index in [1.54, 1.807) is 0 Å². The van der Waals surface area contributed by atoms with Crippen molar-refractivity contribution in [3.8, 4) is 0 Å². The standard InChI is InChI=1S/C28H37N3O4Si/c1-36(2,3)35-26(23-12-8-5-9-13-23)24-28(31-16-20-33-21-17-31)34-27(29-24)25(22-10-6-4-7-11-22)30-14-18-32-19-15-30/h4-13,25-26H,14-21H2,1-3H3. The zero-order chi connectivity index (χ0) is 25.0. The molecule has 0 aliphatic carbocycles. The quantitative estimate of drug-likeness (QED) is 0.403. The van der Waals surface area contributed by atoms with Crippen LogP contribution in [-0.4, -0.2) is 70.8 Å². The molecule has 2 atom stereocenters. The van der Waals surface area contributed by atoms with Gasteiger partial charge in [0.15, 0.2) is 8.32 Å². The zero-order valence-corrected chi connectivity index (χ0v) is 22.6. The van der Waals surface area contributed by atoms with Crippen LogP contribution in [-0.2, 0) is 13.9 Å². The van der Waals surface area contributed by atoms with Gasteiger partial charge in [-0.05, 0) is 30.8 Å². The van der Waals surface area contributed by atoms with Crippen molar-refractivity contribution < 1.29 is 18.3 Å². The number of anilines is 1. The molecule has 3 aromatic rings. The van der Waals surface area contributed by atoms with Crippen molar-refractivity contribution in [2.45, 2.75) is 31.8 Å². The van der Waals surface area contributed by atoms with Gasteiger partial charge in [-0.1, -0.05) is 60.7 Å². The fourth-order valence-electron chi connectivity index (χ4n) is 4.87. The van der Waals surface area contributed by atoms with Crippen LogP contribution in [0.25, 0.3) is 0 Å². The van der Waals surface area contributed by atoms with Gasteiger partial charge < -0.3 is 23.2 Å². The number of hydrogen-bond donors (Lipinski definition) is 0. The number of rotatable bonds is 8. The lowest BCUT2D eigenvalue weighted by Crippen LogP contribution is -2.39. The molecule has 0 N–H and O–H groups in total. The molecule has 2 unspecified atom stereocenters. The largest absolute Gasteiger partial charge is 0.423 e. The first-order chi connectivity index (χ1) is 17.5. The topological polar surface area (TPSA) is 60.2 Å². The van der Waals surface area contributed by atoms with E-state index >= 15 is 0 Å². The van der Waals surface area contributed by atoms with Gasteiger partial charge in [0.05, 0.1) is 26.4 Å². The van der Waals surface area contributed by atoms with Gasteiger partial charge in [-0.15, -0.1) is 0 Å². The number of morpholine rings is 2. The molecule has 7 nitrogen and oxygen atoms in total. The number of oxazole rings is 1. The highest BCUT2D eigenvalue weighted by Crippen LogP contribution is 2.40. The summed E-state index contributed by atoms with van der Waals surface area (Å²) in [5.41, 5.74) is 3.12. The summed E-state index contributed by atoms with van der Waals surface area (Å²) >= 11 is 0. The SMILES string of the molecule is C[Si](C)(C)OC(c1ccccc1)c1nc(C(c2ccccc2)N2CCOCC2)oc1N1CCOCC1. The summed E-state index contributed by atoms with van der Waals surface area (Å²) in [7, 11) is -1.92. The monoisotopic (exact) mass is 507 g/mol. The van der Waals surface area contributed by atoms with Crippen LogP contribution >= 0.6 is 0 Å². The van der Waals surface area contributed by atoms with E-state index in [9.17, 15) is 0 Å². The molecular formula is C28H37N3O4Si. The number of benzene rings is 2. The van der Waals surface area contributed by atoms with Crippen LogP contribution in [0, 0.1) is 0 Å². The molecule has 36 heavy (non-hydrogen) atoms. The van der Waals surface area contributed by atoms with Crippen molar-refractivity contribution in [1.29, 1.82) is 0 Å². The highest BCUT2D eigenvalue weighted by molar-refractivity contribution is 6.69. The van der Waals surface area contributed by atoms with Crippen LogP contribution in [0.3, 0.4) is 0 Å². The highest BCUT2D eigenvalue weighted by atomic mass is 28.4. The van der Waals surface area contributed by atoms with Crippen LogP contribution in [0.15, 0.2) is 65.1 Å². The first-order valence-electron chi connectivity index (χ1n) is 12.9. The molecule has 0 radical (unpaired) electrons. The molecule has 3 heterocycles. The summed E-state index contributed by atoms with van der Waals surface area (Å²) in [5, 5.41) is 0. The Morgan fingerprint density at radius 2 is 1.33 bits per heavy atom. The second-order valence-corrected chi connectivity index (χ2v) is 14.8. The summed E-state index contributed by atoms with van der Waals surface area (Å²) in [4.78, 5) is 9.94. The molecule has 2 aliphatic heterocycles. The van der Waals surface area contributed by atoms with Crippen molar-refractivity contribution in [3.05, 3.63) is 83.4 Å². The molecule has 2 aliphatic rings. The van der Waals surface area contributed by atoms with Crippen molar-refractivity contribution in [1.82, 2.24) is 9.88 Å². The molecule has 0 spiro atoms. The molecule has 192 valence electrons. The van der Waals surface area contributed by atoms with Crippen molar-refractivity contribution in [3.63, 3.8) is 0 Å². The fourth-order valence-corrected chi connectivity index (χ4v) is 5.82. The van der Waals surface area contributed by atoms with Crippen molar-refractivity contribution in [2.24, 2.45) is 0 Å². The molecule has 0 bridgehead atoms. The Bertz CT molecular complexity index is 1090. The van der Waals surface area contributed by atoms with E-state index in [-0.39, 0.29) is 12.1 Å². The first-order valence-corrected chi connectivity index (χ1v) is 16.3. The maximum atomic E-state index is 6.81. The van der Waals surface area contributed by atoms with Gasteiger partial charge in [-0.3, -0.25) is 4.90 Å². The van der Waals surface area contributed by atoms with E-state index in [0.717, 1.165) is 43.3 Å².